The van der Waals surface area contributed by atoms with Crippen molar-refractivity contribution in [1.82, 2.24) is 5.32 Å². The number of hydrogen-bond donors (Lipinski definition) is 2. The van der Waals surface area contributed by atoms with E-state index in [1.54, 1.807) is 6.92 Å². The van der Waals surface area contributed by atoms with Crippen LogP contribution in [0.5, 0.6) is 0 Å². The summed E-state index contributed by atoms with van der Waals surface area (Å²) < 4.78 is 37.0. The number of aliphatic carboxylic acids is 1. The van der Waals surface area contributed by atoms with Gasteiger partial charge in [-0.25, -0.2) is 4.79 Å². The Morgan fingerprint density at radius 3 is 2.00 bits per heavy atom. The summed E-state index contributed by atoms with van der Waals surface area (Å²) in [6, 6.07) is 5.67. The molecule has 1 aromatic rings. The van der Waals surface area contributed by atoms with Crippen molar-refractivity contribution in [3.63, 3.8) is 0 Å². The van der Waals surface area contributed by atoms with Gasteiger partial charge < -0.3 is 10.4 Å². The number of carbonyl (C=O) groups excluding carboxylic acids is 1. The smallest absolute Gasteiger partial charge is 0.391 e. The molecule has 1 amide bonds. The third-order valence-corrected chi connectivity index (χ3v) is 3.73. The van der Waals surface area contributed by atoms with E-state index < -0.39 is 30.5 Å². The zero-order valence-electron chi connectivity index (χ0n) is 13.9. The average molecular weight is 345 g/mol. The SMILES string of the molecule is CC(C)c1ccc(C(C)CC(=O)NC(CC(F)(F)F)C(=O)O)cc1. The normalized spacial score (nSPS) is 14.3. The molecule has 7 heteroatoms. The summed E-state index contributed by atoms with van der Waals surface area (Å²) in [5, 5.41) is 10.7. The highest BCUT2D eigenvalue weighted by atomic mass is 19.4. The third kappa shape index (κ3) is 6.60. The Labute approximate surface area is 139 Å². The number of amides is 1. The Morgan fingerprint density at radius 2 is 1.58 bits per heavy atom. The van der Waals surface area contributed by atoms with Crippen molar-refractivity contribution < 1.29 is 27.9 Å². The van der Waals surface area contributed by atoms with Crippen LogP contribution in [-0.2, 0) is 9.59 Å². The highest BCUT2D eigenvalue weighted by molar-refractivity contribution is 5.84. The van der Waals surface area contributed by atoms with E-state index in [1.807, 2.05) is 29.6 Å². The first-order valence-electron chi connectivity index (χ1n) is 7.68. The molecule has 0 spiro atoms. The highest BCUT2D eigenvalue weighted by Crippen LogP contribution is 2.24. The molecule has 4 nitrogen and oxygen atoms in total. The molecule has 0 aromatic heterocycles. The minimum atomic E-state index is -4.66. The van der Waals surface area contributed by atoms with E-state index in [-0.39, 0.29) is 12.3 Å². The number of carboxylic acids is 1. The van der Waals surface area contributed by atoms with Crippen molar-refractivity contribution in [2.75, 3.05) is 0 Å². The summed E-state index contributed by atoms with van der Waals surface area (Å²) in [6.45, 7) is 5.88. The number of carbonyl (C=O) groups is 2. The summed E-state index contributed by atoms with van der Waals surface area (Å²) in [4.78, 5) is 22.7. The van der Waals surface area contributed by atoms with Gasteiger partial charge in [0.15, 0.2) is 0 Å². The predicted molar refractivity (Wildman–Crippen MR) is 83.8 cm³/mol. The molecule has 1 aromatic carbocycles. The number of carboxylic acid groups (broad SMARTS) is 1. The molecule has 0 aliphatic heterocycles. The molecule has 0 aliphatic rings. The number of nitrogens with one attached hydrogen (secondary N) is 1. The summed E-state index contributed by atoms with van der Waals surface area (Å²) in [5.41, 5.74) is 2.02. The number of benzene rings is 1. The molecule has 24 heavy (non-hydrogen) atoms. The van der Waals surface area contributed by atoms with Crippen LogP contribution in [0.25, 0.3) is 0 Å². The molecule has 0 saturated heterocycles. The maximum atomic E-state index is 12.3. The molecule has 0 saturated carbocycles. The fraction of sp³-hybridized carbons (Fsp3) is 0.529. The van der Waals surface area contributed by atoms with Crippen LogP contribution < -0.4 is 5.32 Å². The van der Waals surface area contributed by atoms with Crippen LogP contribution in [-0.4, -0.2) is 29.2 Å². The van der Waals surface area contributed by atoms with Gasteiger partial charge in [-0.05, 0) is 23.0 Å². The number of hydrogen-bond acceptors (Lipinski definition) is 2. The van der Waals surface area contributed by atoms with Gasteiger partial charge in [0.25, 0.3) is 0 Å². The van der Waals surface area contributed by atoms with Crippen molar-refractivity contribution in [1.29, 1.82) is 0 Å². The van der Waals surface area contributed by atoms with E-state index in [2.05, 4.69) is 13.8 Å². The van der Waals surface area contributed by atoms with Crippen molar-refractivity contribution in [3.05, 3.63) is 35.4 Å². The highest BCUT2D eigenvalue weighted by Gasteiger charge is 2.36. The Kier molecular flexibility index (Phi) is 6.81. The minimum absolute atomic E-state index is 0.0807. The first kappa shape index (κ1) is 20.0. The molecule has 134 valence electrons. The molecule has 0 aliphatic carbocycles. The lowest BCUT2D eigenvalue weighted by atomic mass is 9.94. The molecule has 2 atom stereocenters. The third-order valence-electron chi connectivity index (χ3n) is 3.73. The molecule has 1 rings (SSSR count). The Morgan fingerprint density at radius 1 is 1.08 bits per heavy atom. The van der Waals surface area contributed by atoms with E-state index in [0.717, 1.165) is 11.1 Å². The Hall–Kier alpha value is -2.05. The van der Waals surface area contributed by atoms with Crippen LogP contribution in [0, 0.1) is 0 Å². The van der Waals surface area contributed by atoms with Gasteiger partial charge in [0.2, 0.25) is 5.91 Å². The first-order chi connectivity index (χ1) is 11.0. The van der Waals surface area contributed by atoms with Gasteiger partial charge in [0.1, 0.15) is 6.04 Å². The molecular weight excluding hydrogens is 323 g/mol. The molecule has 0 radical (unpaired) electrons. The fourth-order valence-electron chi connectivity index (χ4n) is 2.29. The maximum absolute atomic E-state index is 12.3. The maximum Gasteiger partial charge on any atom is 0.391 e. The topological polar surface area (TPSA) is 66.4 Å². The van der Waals surface area contributed by atoms with Crippen LogP contribution >= 0.6 is 0 Å². The van der Waals surface area contributed by atoms with Gasteiger partial charge in [-0.3, -0.25) is 4.79 Å². The average Bonchev–Trinajstić information content (AvgIpc) is 2.45. The van der Waals surface area contributed by atoms with Crippen molar-refractivity contribution >= 4 is 11.9 Å². The predicted octanol–water partition coefficient (Wildman–Crippen LogP) is 3.83. The lowest BCUT2D eigenvalue weighted by Crippen LogP contribution is -2.43. The lowest BCUT2D eigenvalue weighted by Gasteiger charge is -2.18. The van der Waals surface area contributed by atoms with E-state index in [0.29, 0.717) is 5.92 Å². The van der Waals surface area contributed by atoms with Gasteiger partial charge in [-0.2, -0.15) is 13.2 Å². The lowest BCUT2D eigenvalue weighted by molar-refractivity contribution is -0.160. The standard InChI is InChI=1S/C17H22F3NO3/c1-10(2)12-4-6-13(7-5-12)11(3)8-15(22)21-14(16(23)24)9-17(18,19)20/h4-7,10-11,14H,8-9H2,1-3H3,(H,21,22)(H,23,24). The summed E-state index contributed by atoms with van der Waals surface area (Å²) in [7, 11) is 0. The van der Waals surface area contributed by atoms with E-state index in [9.17, 15) is 22.8 Å². The Bertz CT molecular complexity index is 567. The van der Waals surface area contributed by atoms with Crippen molar-refractivity contribution in [2.24, 2.45) is 0 Å². The fourth-order valence-corrected chi connectivity index (χ4v) is 2.29. The zero-order valence-corrected chi connectivity index (χ0v) is 13.9. The monoisotopic (exact) mass is 345 g/mol. The molecule has 0 heterocycles. The number of alkyl halides is 3. The van der Waals surface area contributed by atoms with Gasteiger partial charge in [0, 0.05) is 6.42 Å². The minimum Gasteiger partial charge on any atom is -0.480 e. The Balaban J connectivity index is 2.66. The number of rotatable bonds is 7. The molecule has 0 bridgehead atoms. The second kappa shape index (κ2) is 8.17. The van der Waals surface area contributed by atoms with E-state index in [4.69, 9.17) is 5.11 Å². The van der Waals surface area contributed by atoms with Crippen LogP contribution in [0.4, 0.5) is 13.2 Å². The summed E-state index contributed by atoms with van der Waals surface area (Å²) in [5.74, 6) is -2.27. The van der Waals surface area contributed by atoms with Crippen LogP contribution in [0.1, 0.15) is 56.6 Å². The second-order valence-corrected chi connectivity index (χ2v) is 6.20. The van der Waals surface area contributed by atoms with Crippen LogP contribution in [0.15, 0.2) is 24.3 Å². The van der Waals surface area contributed by atoms with Gasteiger partial charge in [-0.15, -0.1) is 0 Å². The molecule has 0 fully saturated rings. The van der Waals surface area contributed by atoms with Crippen LogP contribution in [0.2, 0.25) is 0 Å². The largest absolute Gasteiger partial charge is 0.480 e. The van der Waals surface area contributed by atoms with Gasteiger partial charge >= 0.3 is 12.1 Å². The van der Waals surface area contributed by atoms with E-state index >= 15 is 0 Å². The van der Waals surface area contributed by atoms with Crippen LogP contribution in [0.3, 0.4) is 0 Å². The molecule has 2 N–H and O–H groups in total. The number of halogens is 3. The quantitative estimate of drug-likeness (QED) is 0.789. The second-order valence-electron chi connectivity index (χ2n) is 6.20. The summed E-state index contributed by atoms with van der Waals surface area (Å²) in [6.07, 6.45) is -6.33. The molecular formula is C17H22F3NO3. The van der Waals surface area contributed by atoms with Gasteiger partial charge in [0.05, 0.1) is 6.42 Å². The first-order valence-corrected chi connectivity index (χ1v) is 7.68. The zero-order chi connectivity index (χ0) is 18.5. The van der Waals surface area contributed by atoms with Gasteiger partial charge in [-0.1, -0.05) is 45.0 Å². The van der Waals surface area contributed by atoms with Crippen molar-refractivity contribution in [2.45, 2.75) is 57.7 Å². The van der Waals surface area contributed by atoms with Crippen molar-refractivity contribution in [3.8, 4) is 0 Å². The van der Waals surface area contributed by atoms with E-state index in [1.165, 1.54) is 0 Å². The molecule has 2 unspecified atom stereocenters. The summed E-state index contributed by atoms with van der Waals surface area (Å²) >= 11 is 0.